The Labute approximate surface area is 106 Å². The number of carboxylic acid groups (broad SMARTS) is 1. The number of aromatic carboxylic acids is 1. The van der Waals surface area contributed by atoms with Gasteiger partial charge in [0.25, 0.3) is 0 Å². The molecule has 1 aliphatic carbocycles. The maximum atomic E-state index is 10.6. The van der Waals surface area contributed by atoms with E-state index in [4.69, 9.17) is 9.84 Å². The number of aromatic nitrogens is 3. The first-order chi connectivity index (χ1) is 8.66. The highest BCUT2D eigenvalue weighted by Crippen LogP contribution is 2.26. The summed E-state index contributed by atoms with van der Waals surface area (Å²) >= 11 is 0. The van der Waals surface area contributed by atoms with E-state index >= 15 is 0 Å². The molecule has 2 atom stereocenters. The van der Waals surface area contributed by atoms with Gasteiger partial charge in [-0.25, -0.2) is 9.48 Å². The van der Waals surface area contributed by atoms with Gasteiger partial charge in [-0.2, -0.15) is 0 Å². The molecule has 1 heterocycles. The molecule has 1 saturated carbocycles. The SMILES string of the molecule is CC1CCCCC1OCCn1cc(C(=O)O)nn1. The molecule has 6 heteroatoms. The van der Waals surface area contributed by atoms with E-state index in [1.54, 1.807) is 0 Å². The number of hydrogen-bond acceptors (Lipinski definition) is 4. The van der Waals surface area contributed by atoms with Crippen molar-refractivity contribution < 1.29 is 14.6 Å². The van der Waals surface area contributed by atoms with E-state index < -0.39 is 5.97 Å². The molecular formula is C12H19N3O3. The number of carbonyl (C=O) groups is 1. The molecule has 0 aliphatic heterocycles. The molecule has 2 rings (SSSR count). The Kier molecular flexibility index (Phi) is 4.30. The lowest BCUT2D eigenvalue weighted by Gasteiger charge is -2.28. The van der Waals surface area contributed by atoms with Crippen LogP contribution in [0.5, 0.6) is 0 Å². The van der Waals surface area contributed by atoms with Crippen LogP contribution in [0.2, 0.25) is 0 Å². The summed E-state index contributed by atoms with van der Waals surface area (Å²) in [5.41, 5.74) is -0.0268. The van der Waals surface area contributed by atoms with Crippen LogP contribution in [0.4, 0.5) is 0 Å². The molecule has 0 amide bonds. The first kappa shape index (κ1) is 13.0. The fourth-order valence-corrected chi connectivity index (χ4v) is 2.33. The molecule has 6 nitrogen and oxygen atoms in total. The Morgan fingerprint density at radius 2 is 2.33 bits per heavy atom. The second-order valence-corrected chi connectivity index (χ2v) is 4.84. The predicted octanol–water partition coefficient (Wildman–Crippen LogP) is 1.57. The molecule has 2 unspecified atom stereocenters. The van der Waals surface area contributed by atoms with Gasteiger partial charge in [-0.05, 0) is 18.8 Å². The summed E-state index contributed by atoms with van der Waals surface area (Å²) in [5, 5.41) is 16.0. The zero-order valence-electron chi connectivity index (χ0n) is 10.6. The summed E-state index contributed by atoms with van der Waals surface area (Å²) in [7, 11) is 0. The average Bonchev–Trinajstić information content (AvgIpc) is 2.80. The van der Waals surface area contributed by atoms with E-state index in [-0.39, 0.29) is 5.69 Å². The Bertz CT molecular complexity index is 405. The van der Waals surface area contributed by atoms with Crippen LogP contribution in [0, 0.1) is 5.92 Å². The van der Waals surface area contributed by atoms with Crippen LogP contribution in [-0.2, 0) is 11.3 Å². The van der Waals surface area contributed by atoms with Gasteiger partial charge in [0, 0.05) is 0 Å². The van der Waals surface area contributed by atoms with Crippen LogP contribution < -0.4 is 0 Å². The van der Waals surface area contributed by atoms with Gasteiger partial charge in [-0.3, -0.25) is 0 Å². The maximum absolute atomic E-state index is 10.6. The summed E-state index contributed by atoms with van der Waals surface area (Å²) < 4.78 is 7.34. The fourth-order valence-electron chi connectivity index (χ4n) is 2.33. The third-order valence-corrected chi connectivity index (χ3v) is 3.44. The third-order valence-electron chi connectivity index (χ3n) is 3.44. The minimum absolute atomic E-state index is 0.0268. The van der Waals surface area contributed by atoms with Crippen molar-refractivity contribution in [1.82, 2.24) is 15.0 Å². The van der Waals surface area contributed by atoms with E-state index in [0.717, 1.165) is 6.42 Å². The molecule has 1 aliphatic rings. The van der Waals surface area contributed by atoms with Crippen LogP contribution in [0.25, 0.3) is 0 Å². The predicted molar refractivity (Wildman–Crippen MR) is 64.4 cm³/mol. The standard InChI is InChI=1S/C12H19N3O3/c1-9-4-2-3-5-11(9)18-7-6-15-8-10(12(16)17)13-14-15/h8-9,11H,2-7H2,1H3,(H,16,17). The van der Waals surface area contributed by atoms with E-state index in [1.807, 2.05) is 0 Å². The van der Waals surface area contributed by atoms with E-state index in [2.05, 4.69) is 17.2 Å². The van der Waals surface area contributed by atoms with Crippen molar-refractivity contribution in [1.29, 1.82) is 0 Å². The topological polar surface area (TPSA) is 77.2 Å². The number of carboxylic acids is 1. The maximum Gasteiger partial charge on any atom is 0.358 e. The van der Waals surface area contributed by atoms with Gasteiger partial charge in [0.05, 0.1) is 25.5 Å². The smallest absolute Gasteiger partial charge is 0.358 e. The van der Waals surface area contributed by atoms with Crippen LogP contribution in [0.1, 0.15) is 43.1 Å². The molecule has 1 aromatic heterocycles. The number of rotatable bonds is 5. The third kappa shape index (κ3) is 3.29. The van der Waals surface area contributed by atoms with Gasteiger partial charge in [0.2, 0.25) is 0 Å². The normalized spacial score (nSPS) is 24.1. The van der Waals surface area contributed by atoms with E-state index in [0.29, 0.717) is 25.2 Å². The summed E-state index contributed by atoms with van der Waals surface area (Å²) in [4.78, 5) is 10.6. The molecule has 0 bridgehead atoms. The zero-order valence-corrected chi connectivity index (χ0v) is 10.6. The van der Waals surface area contributed by atoms with E-state index in [1.165, 1.54) is 30.1 Å². The van der Waals surface area contributed by atoms with Gasteiger partial charge >= 0.3 is 5.97 Å². The molecule has 1 aromatic rings. The quantitative estimate of drug-likeness (QED) is 0.861. The molecule has 0 aromatic carbocycles. The molecule has 18 heavy (non-hydrogen) atoms. The molecular weight excluding hydrogens is 234 g/mol. The van der Waals surface area contributed by atoms with Crippen molar-refractivity contribution in [3.05, 3.63) is 11.9 Å². The molecule has 0 saturated heterocycles. The number of nitrogens with zero attached hydrogens (tertiary/aromatic N) is 3. The van der Waals surface area contributed by atoms with Crippen LogP contribution >= 0.6 is 0 Å². The van der Waals surface area contributed by atoms with Crippen LogP contribution in [-0.4, -0.2) is 38.8 Å². The molecule has 0 radical (unpaired) electrons. The van der Waals surface area contributed by atoms with Gasteiger partial charge in [0.15, 0.2) is 5.69 Å². The lowest BCUT2D eigenvalue weighted by atomic mass is 9.88. The van der Waals surface area contributed by atoms with E-state index in [9.17, 15) is 4.79 Å². The minimum Gasteiger partial charge on any atom is -0.476 e. The summed E-state index contributed by atoms with van der Waals surface area (Å²) in [6.07, 6.45) is 6.65. The van der Waals surface area contributed by atoms with Gasteiger partial charge < -0.3 is 9.84 Å². The summed E-state index contributed by atoms with van der Waals surface area (Å²) in [6, 6.07) is 0. The Morgan fingerprint density at radius 3 is 3.00 bits per heavy atom. The zero-order chi connectivity index (χ0) is 13.0. The minimum atomic E-state index is -1.05. The largest absolute Gasteiger partial charge is 0.476 e. The monoisotopic (exact) mass is 253 g/mol. The highest BCUT2D eigenvalue weighted by atomic mass is 16.5. The summed E-state index contributed by atoms with van der Waals surface area (Å²) in [6.45, 7) is 3.32. The first-order valence-corrected chi connectivity index (χ1v) is 6.42. The highest BCUT2D eigenvalue weighted by molar-refractivity contribution is 5.84. The molecule has 1 fully saturated rings. The van der Waals surface area contributed by atoms with Gasteiger partial charge in [-0.1, -0.05) is 25.0 Å². The molecule has 100 valence electrons. The van der Waals surface area contributed by atoms with Crippen molar-refractivity contribution in [3.8, 4) is 0 Å². The van der Waals surface area contributed by atoms with Crippen molar-refractivity contribution >= 4 is 5.97 Å². The Balaban J connectivity index is 1.75. The van der Waals surface area contributed by atoms with Crippen molar-refractivity contribution in [2.24, 2.45) is 5.92 Å². The first-order valence-electron chi connectivity index (χ1n) is 6.42. The lowest BCUT2D eigenvalue weighted by molar-refractivity contribution is -0.00944. The van der Waals surface area contributed by atoms with Crippen molar-refractivity contribution in [2.75, 3.05) is 6.61 Å². The fraction of sp³-hybridized carbons (Fsp3) is 0.750. The van der Waals surface area contributed by atoms with Crippen LogP contribution in [0.15, 0.2) is 6.20 Å². The van der Waals surface area contributed by atoms with Gasteiger partial charge in [-0.15, -0.1) is 5.10 Å². The highest BCUT2D eigenvalue weighted by Gasteiger charge is 2.21. The summed E-state index contributed by atoms with van der Waals surface area (Å²) in [5.74, 6) is -0.438. The second kappa shape index (κ2) is 5.95. The number of hydrogen-bond donors (Lipinski definition) is 1. The average molecular weight is 253 g/mol. The number of ether oxygens (including phenoxy) is 1. The molecule has 1 N–H and O–H groups in total. The Hall–Kier alpha value is -1.43. The van der Waals surface area contributed by atoms with Crippen molar-refractivity contribution in [3.63, 3.8) is 0 Å². The van der Waals surface area contributed by atoms with Crippen LogP contribution in [0.3, 0.4) is 0 Å². The van der Waals surface area contributed by atoms with Gasteiger partial charge in [0.1, 0.15) is 0 Å². The second-order valence-electron chi connectivity index (χ2n) is 4.84. The molecule has 0 spiro atoms. The van der Waals surface area contributed by atoms with Crippen molar-refractivity contribution in [2.45, 2.75) is 45.3 Å². The lowest BCUT2D eigenvalue weighted by Crippen LogP contribution is -2.27. The Morgan fingerprint density at radius 1 is 1.56 bits per heavy atom.